The number of ether oxygens (including phenoxy) is 2. The molecule has 0 unspecified atom stereocenters. The molecular formula is C21H17F6N3O3. The van der Waals surface area contributed by atoms with Crippen molar-refractivity contribution in [2.75, 3.05) is 14.2 Å². The fourth-order valence-electron chi connectivity index (χ4n) is 3.03. The van der Waals surface area contributed by atoms with Crippen molar-refractivity contribution in [3.63, 3.8) is 0 Å². The molecule has 0 spiro atoms. The van der Waals surface area contributed by atoms with Gasteiger partial charge in [-0.3, -0.25) is 4.90 Å². The predicted octanol–water partition coefficient (Wildman–Crippen LogP) is 5.08. The van der Waals surface area contributed by atoms with Crippen molar-refractivity contribution in [2.24, 2.45) is 10.7 Å². The molecule has 176 valence electrons. The molecular weight excluding hydrogens is 456 g/mol. The molecule has 0 atom stereocenters. The number of aliphatic imine (C=N–C) groups is 1. The second-order valence-corrected chi connectivity index (χ2v) is 6.93. The van der Waals surface area contributed by atoms with Crippen LogP contribution in [-0.4, -0.2) is 30.9 Å². The average Bonchev–Trinajstić information content (AvgIpc) is 2.97. The molecule has 2 N–H and O–H groups in total. The Balaban J connectivity index is 1.87. The first-order valence-electron chi connectivity index (χ1n) is 9.23. The number of hydrogen-bond acceptors (Lipinski definition) is 4. The first-order valence-corrected chi connectivity index (χ1v) is 9.23. The lowest BCUT2D eigenvalue weighted by molar-refractivity contribution is -0.143. The number of carbonyl (C=O) groups excluding carboxylic acids is 1. The van der Waals surface area contributed by atoms with Crippen molar-refractivity contribution in [3.05, 3.63) is 64.3 Å². The normalized spacial score (nSPS) is 15.8. The number of amidine groups is 1. The summed E-state index contributed by atoms with van der Waals surface area (Å²) in [5, 5.41) is 0. The quantitative estimate of drug-likeness (QED) is 0.615. The molecule has 2 aromatic carbocycles. The van der Waals surface area contributed by atoms with Crippen LogP contribution in [-0.2, 0) is 19.0 Å². The Kier molecular flexibility index (Phi) is 6.30. The van der Waals surface area contributed by atoms with Crippen molar-refractivity contribution < 1.29 is 40.6 Å². The van der Waals surface area contributed by atoms with Gasteiger partial charge in [0.2, 0.25) is 0 Å². The number of hydrogen-bond donors (Lipinski definition) is 1. The van der Waals surface area contributed by atoms with Crippen molar-refractivity contribution in [3.8, 4) is 11.5 Å². The third-order valence-corrected chi connectivity index (χ3v) is 4.74. The van der Waals surface area contributed by atoms with E-state index < -0.39 is 41.7 Å². The van der Waals surface area contributed by atoms with Crippen LogP contribution in [0.3, 0.4) is 0 Å². The summed E-state index contributed by atoms with van der Waals surface area (Å²) in [6, 6.07) is 5.24. The Morgan fingerprint density at radius 2 is 1.73 bits per heavy atom. The second-order valence-electron chi connectivity index (χ2n) is 6.93. The molecule has 2 aromatic rings. The zero-order valence-electron chi connectivity index (χ0n) is 17.2. The summed E-state index contributed by atoms with van der Waals surface area (Å²) in [6.07, 6.45) is -8.38. The van der Waals surface area contributed by atoms with Crippen LogP contribution in [0.1, 0.15) is 22.3 Å². The molecule has 3 rings (SSSR count). The Morgan fingerprint density at radius 3 is 2.27 bits per heavy atom. The van der Waals surface area contributed by atoms with E-state index >= 15 is 0 Å². The summed E-state index contributed by atoms with van der Waals surface area (Å²) in [5.41, 5.74) is 3.25. The Labute approximate surface area is 183 Å². The lowest BCUT2D eigenvalue weighted by atomic mass is 10.0. The van der Waals surface area contributed by atoms with E-state index in [0.29, 0.717) is 17.3 Å². The van der Waals surface area contributed by atoms with E-state index in [9.17, 15) is 31.1 Å². The van der Waals surface area contributed by atoms with Crippen LogP contribution in [0, 0.1) is 0 Å². The maximum Gasteiger partial charge on any atom is 0.416 e. The van der Waals surface area contributed by atoms with Gasteiger partial charge in [-0.2, -0.15) is 31.3 Å². The number of carbonyl (C=O) groups is 1. The molecule has 1 aliphatic heterocycles. The lowest BCUT2D eigenvalue weighted by Crippen LogP contribution is -2.22. The topological polar surface area (TPSA) is 77.2 Å². The van der Waals surface area contributed by atoms with Gasteiger partial charge in [-0.1, -0.05) is 12.1 Å². The van der Waals surface area contributed by atoms with Crippen LogP contribution in [0.4, 0.5) is 31.1 Å². The van der Waals surface area contributed by atoms with Crippen molar-refractivity contribution >= 4 is 17.9 Å². The highest BCUT2D eigenvalue weighted by atomic mass is 19.4. The van der Waals surface area contributed by atoms with Crippen LogP contribution in [0.15, 0.2) is 47.1 Å². The standard InChI is InChI=1S/C21H17F6N3O3/c1-30-15(18(28)29-19(30)31)7-11-3-6-16(17(8-11)32-2)33-10-12-4-5-13(20(22,23)24)9-14(12)21(25,26)27/h3-9H,10H2,1-2H3,(H2,28,29,31)/b15-7-. The molecule has 33 heavy (non-hydrogen) atoms. The minimum atomic E-state index is -5.01. The zero-order valence-corrected chi connectivity index (χ0v) is 17.2. The number of rotatable bonds is 5. The number of nitrogens with zero attached hydrogens (tertiary/aromatic N) is 2. The largest absolute Gasteiger partial charge is 0.493 e. The highest BCUT2D eigenvalue weighted by Gasteiger charge is 2.38. The fraction of sp³-hybridized carbons (Fsp3) is 0.238. The summed E-state index contributed by atoms with van der Waals surface area (Å²) < 4.78 is 89.1. The SMILES string of the molecule is COc1cc(/C=C2/C(N)=NC(=O)N2C)ccc1OCc1ccc(C(F)(F)F)cc1C(F)(F)F. The van der Waals surface area contributed by atoms with Gasteiger partial charge < -0.3 is 15.2 Å². The summed E-state index contributed by atoms with van der Waals surface area (Å²) in [7, 11) is 2.79. The van der Waals surface area contributed by atoms with Crippen LogP contribution in [0.2, 0.25) is 0 Å². The number of likely N-dealkylation sites (N-methyl/N-ethyl adjacent to an activating group) is 1. The highest BCUT2D eigenvalue weighted by molar-refractivity contribution is 6.13. The van der Waals surface area contributed by atoms with Crippen LogP contribution in [0.25, 0.3) is 6.08 Å². The van der Waals surface area contributed by atoms with E-state index in [1.165, 1.54) is 37.3 Å². The first-order chi connectivity index (χ1) is 15.3. The first kappa shape index (κ1) is 24.0. The molecule has 12 heteroatoms. The fourth-order valence-corrected chi connectivity index (χ4v) is 3.03. The summed E-state index contributed by atoms with van der Waals surface area (Å²) in [5.74, 6) is 0.223. The van der Waals surface area contributed by atoms with Crippen LogP contribution >= 0.6 is 0 Å². The monoisotopic (exact) mass is 473 g/mol. The predicted molar refractivity (Wildman–Crippen MR) is 107 cm³/mol. The average molecular weight is 473 g/mol. The number of urea groups is 1. The minimum absolute atomic E-state index is 0.0174. The Morgan fingerprint density at radius 1 is 1.03 bits per heavy atom. The third-order valence-electron chi connectivity index (χ3n) is 4.74. The van der Waals surface area contributed by atoms with Gasteiger partial charge in [-0.25, -0.2) is 4.79 Å². The summed E-state index contributed by atoms with van der Waals surface area (Å²) in [6.45, 7) is -0.652. The summed E-state index contributed by atoms with van der Waals surface area (Å²) >= 11 is 0. The van der Waals surface area contributed by atoms with Gasteiger partial charge in [-0.05, 0) is 35.9 Å². The number of nitrogens with two attached hydrogens (primary N) is 1. The zero-order chi connectivity index (χ0) is 24.6. The van der Waals surface area contributed by atoms with E-state index in [4.69, 9.17) is 15.2 Å². The number of halogens is 6. The number of benzene rings is 2. The molecule has 0 aromatic heterocycles. The molecule has 0 aliphatic carbocycles. The Bertz CT molecular complexity index is 1140. The van der Waals surface area contributed by atoms with Gasteiger partial charge in [0, 0.05) is 12.6 Å². The van der Waals surface area contributed by atoms with Gasteiger partial charge >= 0.3 is 18.4 Å². The summed E-state index contributed by atoms with van der Waals surface area (Å²) in [4.78, 5) is 16.4. The van der Waals surface area contributed by atoms with E-state index in [0.717, 1.165) is 6.07 Å². The van der Waals surface area contributed by atoms with Crippen molar-refractivity contribution in [1.29, 1.82) is 0 Å². The smallest absolute Gasteiger partial charge is 0.416 e. The molecule has 0 radical (unpaired) electrons. The van der Waals surface area contributed by atoms with Gasteiger partial charge in [0.05, 0.1) is 23.9 Å². The molecule has 2 amide bonds. The lowest BCUT2D eigenvalue weighted by Gasteiger charge is -2.17. The molecule has 0 saturated carbocycles. The number of alkyl halides is 6. The van der Waals surface area contributed by atoms with E-state index in [1.807, 2.05) is 0 Å². The van der Waals surface area contributed by atoms with E-state index in [2.05, 4.69) is 4.99 Å². The van der Waals surface area contributed by atoms with Crippen molar-refractivity contribution in [1.82, 2.24) is 4.90 Å². The molecule has 6 nitrogen and oxygen atoms in total. The molecule has 1 aliphatic rings. The van der Waals surface area contributed by atoms with E-state index in [-0.39, 0.29) is 23.4 Å². The molecule has 1 heterocycles. The van der Waals surface area contributed by atoms with Gasteiger partial charge in [0.15, 0.2) is 17.3 Å². The maximum absolute atomic E-state index is 13.3. The molecule has 0 bridgehead atoms. The second kappa shape index (κ2) is 8.68. The highest BCUT2D eigenvalue weighted by Crippen LogP contribution is 2.38. The van der Waals surface area contributed by atoms with Crippen molar-refractivity contribution in [2.45, 2.75) is 19.0 Å². The minimum Gasteiger partial charge on any atom is -0.493 e. The van der Waals surface area contributed by atoms with Gasteiger partial charge in [0.1, 0.15) is 6.61 Å². The molecule has 0 fully saturated rings. The number of amides is 2. The van der Waals surface area contributed by atoms with E-state index in [1.54, 1.807) is 6.08 Å². The van der Waals surface area contributed by atoms with Crippen LogP contribution in [0.5, 0.6) is 11.5 Å². The van der Waals surface area contributed by atoms with Gasteiger partial charge in [-0.15, -0.1) is 0 Å². The third kappa shape index (κ3) is 5.21. The number of methoxy groups -OCH3 is 1. The maximum atomic E-state index is 13.3. The van der Waals surface area contributed by atoms with Gasteiger partial charge in [0.25, 0.3) is 0 Å². The van der Waals surface area contributed by atoms with Crippen LogP contribution < -0.4 is 15.2 Å². The molecule has 0 saturated heterocycles. The Hall–Kier alpha value is -3.70.